The molecular weight excluding hydrogens is 264 g/mol. The number of nitrogens with two attached hydrogens (primary N) is 1. The van der Waals surface area contributed by atoms with Crippen LogP contribution in [-0.4, -0.2) is 52.0 Å². The zero-order valence-corrected chi connectivity index (χ0v) is 12.5. The van der Waals surface area contributed by atoms with Gasteiger partial charge in [0.2, 0.25) is 5.91 Å². The first-order valence-corrected chi connectivity index (χ1v) is 7.93. The molecule has 0 aliphatic carbocycles. The summed E-state index contributed by atoms with van der Waals surface area (Å²) in [5.74, 6) is 0.817. The fourth-order valence-electron chi connectivity index (χ4n) is 2.21. The highest BCUT2D eigenvalue weighted by molar-refractivity contribution is 7.99. The van der Waals surface area contributed by atoms with Crippen LogP contribution in [0.15, 0.2) is 0 Å². The van der Waals surface area contributed by atoms with Crippen LogP contribution in [-0.2, 0) is 9.59 Å². The number of amides is 1. The summed E-state index contributed by atoms with van der Waals surface area (Å²) >= 11 is 1.53. The highest BCUT2D eigenvalue weighted by Crippen LogP contribution is 2.23. The number of likely N-dealkylation sites (tertiary alicyclic amines) is 1. The summed E-state index contributed by atoms with van der Waals surface area (Å²) in [6.07, 6.45) is 2.65. The maximum atomic E-state index is 12.1. The van der Waals surface area contributed by atoms with Gasteiger partial charge in [-0.2, -0.15) is 11.8 Å². The van der Waals surface area contributed by atoms with Gasteiger partial charge in [0.05, 0.1) is 0 Å². The molecule has 0 bridgehead atoms. The largest absolute Gasteiger partial charge is 0.480 e. The molecule has 0 aromatic carbocycles. The van der Waals surface area contributed by atoms with E-state index in [1.807, 2.05) is 18.7 Å². The van der Waals surface area contributed by atoms with Gasteiger partial charge in [0.15, 0.2) is 0 Å². The van der Waals surface area contributed by atoms with Gasteiger partial charge in [0.1, 0.15) is 6.04 Å². The molecule has 3 N–H and O–H groups in total. The van der Waals surface area contributed by atoms with Crippen molar-refractivity contribution < 1.29 is 14.7 Å². The average Bonchev–Trinajstić information content (AvgIpc) is 2.76. The van der Waals surface area contributed by atoms with Crippen molar-refractivity contribution in [2.45, 2.75) is 45.2 Å². The molecule has 5 nitrogen and oxygen atoms in total. The highest BCUT2D eigenvalue weighted by atomic mass is 32.2. The molecule has 1 saturated heterocycles. The minimum atomic E-state index is -0.966. The van der Waals surface area contributed by atoms with Crippen LogP contribution < -0.4 is 5.73 Å². The Bertz CT molecular complexity index is 323. The lowest BCUT2D eigenvalue weighted by molar-refractivity contribution is -0.138. The van der Waals surface area contributed by atoms with Crippen molar-refractivity contribution in [2.24, 2.45) is 11.7 Å². The summed E-state index contributed by atoms with van der Waals surface area (Å²) in [6.45, 7) is 4.93. The number of carboxylic acids is 1. The molecular formula is C13H24N2O3S. The van der Waals surface area contributed by atoms with E-state index in [1.165, 1.54) is 11.8 Å². The SMILES string of the molecule is CC(C)CC(=O)N1CCC[C@H]1CSC[C@H](N)C(=O)O. The summed E-state index contributed by atoms with van der Waals surface area (Å²) in [6, 6.07) is -0.566. The van der Waals surface area contributed by atoms with Gasteiger partial charge in [-0.05, 0) is 18.8 Å². The van der Waals surface area contributed by atoms with Crippen LogP contribution >= 0.6 is 11.8 Å². The number of nitrogens with zero attached hydrogens (tertiary/aromatic N) is 1. The van der Waals surface area contributed by atoms with Crippen LogP contribution in [0, 0.1) is 5.92 Å². The monoisotopic (exact) mass is 288 g/mol. The van der Waals surface area contributed by atoms with Crippen molar-refractivity contribution in [3.63, 3.8) is 0 Å². The van der Waals surface area contributed by atoms with Gasteiger partial charge in [-0.15, -0.1) is 0 Å². The number of carbonyl (C=O) groups is 2. The quantitative estimate of drug-likeness (QED) is 0.734. The van der Waals surface area contributed by atoms with Crippen LogP contribution in [0.5, 0.6) is 0 Å². The van der Waals surface area contributed by atoms with E-state index in [0.29, 0.717) is 18.1 Å². The molecule has 2 atom stereocenters. The van der Waals surface area contributed by atoms with E-state index >= 15 is 0 Å². The summed E-state index contributed by atoms with van der Waals surface area (Å²) in [7, 11) is 0. The maximum absolute atomic E-state index is 12.1. The number of rotatable bonds is 7. The molecule has 0 aromatic rings. The lowest BCUT2D eigenvalue weighted by Crippen LogP contribution is -2.38. The highest BCUT2D eigenvalue weighted by Gasteiger charge is 2.28. The number of carbonyl (C=O) groups excluding carboxylic acids is 1. The van der Waals surface area contributed by atoms with Crippen LogP contribution in [0.25, 0.3) is 0 Å². The van der Waals surface area contributed by atoms with E-state index in [4.69, 9.17) is 10.8 Å². The van der Waals surface area contributed by atoms with E-state index < -0.39 is 12.0 Å². The van der Waals surface area contributed by atoms with Crippen LogP contribution in [0.2, 0.25) is 0 Å². The van der Waals surface area contributed by atoms with Gasteiger partial charge in [-0.3, -0.25) is 9.59 Å². The summed E-state index contributed by atoms with van der Waals surface area (Å²) in [4.78, 5) is 24.6. The maximum Gasteiger partial charge on any atom is 0.321 e. The molecule has 0 radical (unpaired) electrons. The van der Waals surface area contributed by atoms with Crippen LogP contribution in [0.3, 0.4) is 0 Å². The Balaban J connectivity index is 2.36. The Morgan fingerprint density at radius 2 is 2.16 bits per heavy atom. The van der Waals surface area contributed by atoms with E-state index in [-0.39, 0.29) is 11.9 Å². The zero-order chi connectivity index (χ0) is 14.4. The Labute approximate surface area is 118 Å². The Kier molecular flexibility index (Phi) is 6.65. The third-order valence-electron chi connectivity index (χ3n) is 3.21. The third kappa shape index (κ3) is 5.40. The molecule has 19 heavy (non-hydrogen) atoms. The van der Waals surface area contributed by atoms with E-state index in [9.17, 15) is 9.59 Å². The molecule has 0 spiro atoms. The second-order valence-corrected chi connectivity index (χ2v) is 6.54. The summed E-state index contributed by atoms with van der Waals surface area (Å²) in [5.41, 5.74) is 5.46. The zero-order valence-electron chi connectivity index (χ0n) is 11.7. The predicted molar refractivity (Wildman–Crippen MR) is 77.1 cm³/mol. The average molecular weight is 288 g/mol. The van der Waals surface area contributed by atoms with E-state index in [2.05, 4.69) is 0 Å². The summed E-state index contributed by atoms with van der Waals surface area (Å²) < 4.78 is 0. The first-order chi connectivity index (χ1) is 8.91. The van der Waals surface area contributed by atoms with Crippen molar-refractivity contribution in [2.75, 3.05) is 18.1 Å². The van der Waals surface area contributed by atoms with Crippen molar-refractivity contribution in [3.8, 4) is 0 Å². The van der Waals surface area contributed by atoms with Gasteiger partial charge >= 0.3 is 5.97 Å². The molecule has 1 aliphatic heterocycles. The molecule has 6 heteroatoms. The fraction of sp³-hybridized carbons (Fsp3) is 0.846. The molecule has 1 heterocycles. The standard InChI is InChI=1S/C13H24N2O3S/c1-9(2)6-12(16)15-5-3-4-10(15)7-19-8-11(14)13(17)18/h9-11H,3-8,14H2,1-2H3,(H,17,18)/t10-,11-/m0/s1. The molecule has 0 aromatic heterocycles. The number of thioether (sulfide) groups is 1. The number of hydrogen-bond donors (Lipinski definition) is 2. The third-order valence-corrected chi connectivity index (χ3v) is 4.42. The first kappa shape index (κ1) is 16.3. The van der Waals surface area contributed by atoms with Gasteiger partial charge in [-0.1, -0.05) is 13.8 Å². The number of hydrogen-bond acceptors (Lipinski definition) is 4. The molecule has 1 aliphatic rings. The Hall–Kier alpha value is -0.750. The summed E-state index contributed by atoms with van der Waals surface area (Å²) in [5, 5.41) is 8.71. The van der Waals surface area contributed by atoms with Crippen molar-refractivity contribution in [1.82, 2.24) is 4.90 Å². The molecule has 0 unspecified atom stereocenters. The Morgan fingerprint density at radius 1 is 1.47 bits per heavy atom. The predicted octanol–water partition coefficient (Wildman–Crippen LogP) is 1.17. The van der Waals surface area contributed by atoms with Gasteiger partial charge in [0.25, 0.3) is 0 Å². The lowest BCUT2D eigenvalue weighted by atomic mass is 10.1. The van der Waals surface area contributed by atoms with Gasteiger partial charge in [-0.25, -0.2) is 0 Å². The number of carboxylic acid groups (broad SMARTS) is 1. The van der Waals surface area contributed by atoms with Gasteiger partial charge in [0, 0.05) is 30.5 Å². The normalized spacial score (nSPS) is 20.8. The van der Waals surface area contributed by atoms with Crippen LogP contribution in [0.1, 0.15) is 33.1 Å². The molecule has 1 fully saturated rings. The minimum absolute atomic E-state index is 0.223. The lowest BCUT2D eigenvalue weighted by Gasteiger charge is -2.25. The van der Waals surface area contributed by atoms with Crippen molar-refractivity contribution in [3.05, 3.63) is 0 Å². The molecule has 1 rings (SSSR count). The van der Waals surface area contributed by atoms with E-state index in [0.717, 1.165) is 25.1 Å². The first-order valence-electron chi connectivity index (χ1n) is 6.77. The van der Waals surface area contributed by atoms with Gasteiger partial charge < -0.3 is 15.7 Å². The second kappa shape index (κ2) is 7.75. The molecule has 110 valence electrons. The van der Waals surface area contributed by atoms with Crippen LogP contribution in [0.4, 0.5) is 0 Å². The number of aliphatic carboxylic acids is 1. The molecule has 0 saturated carbocycles. The second-order valence-electron chi connectivity index (χ2n) is 5.46. The van der Waals surface area contributed by atoms with Crippen molar-refractivity contribution >= 4 is 23.6 Å². The fourth-order valence-corrected chi connectivity index (χ4v) is 3.36. The van der Waals surface area contributed by atoms with E-state index in [1.54, 1.807) is 0 Å². The molecule has 1 amide bonds. The topological polar surface area (TPSA) is 83.6 Å². The minimum Gasteiger partial charge on any atom is -0.480 e. The smallest absolute Gasteiger partial charge is 0.321 e. The van der Waals surface area contributed by atoms with Crippen molar-refractivity contribution in [1.29, 1.82) is 0 Å². The Morgan fingerprint density at radius 3 is 2.74 bits per heavy atom.